The monoisotopic (exact) mass is 294 g/mol. The molecule has 1 atom stereocenters. The van der Waals surface area contributed by atoms with Crippen LogP contribution in [0, 0.1) is 12.8 Å². The Hall–Kier alpha value is -2.03. The van der Waals surface area contributed by atoms with Crippen molar-refractivity contribution in [1.82, 2.24) is 9.88 Å². The number of aryl methyl sites for hydroxylation is 1. The van der Waals surface area contributed by atoms with E-state index in [4.69, 9.17) is 0 Å². The van der Waals surface area contributed by atoms with Crippen LogP contribution in [-0.2, 0) is 17.8 Å². The molecule has 0 fully saturated rings. The number of aromatic amines is 1. The zero-order valence-electron chi connectivity index (χ0n) is 13.1. The van der Waals surface area contributed by atoms with Gasteiger partial charge in [0.2, 0.25) is 5.91 Å². The molecule has 1 amide bonds. The number of rotatable bonds is 1. The highest BCUT2D eigenvalue weighted by Crippen LogP contribution is 2.30. The standard InChI is InChI=1S/C19H22N2O/c1-13-7-8-17-15(11-13)16-12-21(10-9-18(16)20-17)19(22)14-5-3-2-4-6-14/h2-3,7-8,11,14,20H,4-6,9-10,12H2,1H3/t14-/m1/s1. The second-order valence-corrected chi connectivity index (χ2v) is 6.62. The number of carbonyl (C=O) groups excluding carboxylic acids is 1. The van der Waals surface area contributed by atoms with Crippen molar-refractivity contribution in [3.8, 4) is 0 Å². The van der Waals surface area contributed by atoms with Crippen LogP contribution in [0.5, 0.6) is 0 Å². The van der Waals surface area contributed by atoms with Gasteiger partial charge in [-0.1, -0.05) is 23.8 Å². The molecule has 22 heavy (non-hydrogen) atoms. The van der Waals surface area contributed by atoms with E-state index >= 15 is 0 Å². The van der Waals surface area contributed by atoms with Gasteiger partial charge in [0.1, 0.15) is 0 Å². The van der Waals surface area contributed by atoms with Crippen molar-refractivity contribution in [3.63, 3.8) is 0 Å². The SMILES string of the molecule is Cc1ccc2[nH]c3c(c2c1)CN(C(=O)[C@@H]1CC=CCC1)CC3. The van der Waals surface area contributed by atoms with E-state index in [0.29, 0.717) is 5.91 Å². The highest BCUT2D eigenvalue weighted by Gasteiger charge is 2.28. The van der Waals surface area contributed by atoms with Gasteiger partial charge in [-0.3, -0.25) is 4.79 Å². The molecule has 3 nitrogen and oxygen atoms in total. The molecule has 3 heteroatoms. The molecule has 4 rings (SSSR count). The van der Waals surface area contributed by atoms with Gasteiger partial charge < -0.3 is 9.88 Å². The van der Waals surface area contributed by atoms with Gasteiger partial charge in [-0.15, -0.1) is 0 Å². The minimum atomic E-state index is 0.193. The fourth-order valence-electron chi connectivity index (χ4n) is 3.79. The maximum absolute atomic E-state index is 12.8. The van der Waals surface area contributed by atoms with E-state index < -0.39 is 0 Å². The molecule has 0 saturated heterocycles. The third-order valence-corrected chi connectivity index (χ3v) is 5.06. The Kier molecular flexibility index (Phi) is 3.29. The van der Waals surface area contributed by atoms with Crippen LogP contribution in [-0.4, -0.2) is 22.3 Å². The number of hydrogen-bond donors (Lipinski definition) is 1. The number of benzene rings is 1. The third kappa shape index (κ3) is 2.25. The number of fused-ring (bicyclic) bond motifs is 3. The largest absolute Gasteiger partial charge is 0.358 e. The summed E-state index contributed by atoms with van der Waals surface area (Å²) in [4.78, 5) is 18.4. The highest BCUT2D eigenvalue weighted by atomic mass is 16.2. The predicted octanol–water partition coefficient (Wildman–Crippen LogP) is 3.72. The Morgan fingerprint density at radius 1 is 1.32 bits per heavy atom. The second kappa shape index (κ2) is 5.31. The summed E-state index contributed by atoms with van der Waals surface area (Å²) in [6.07, 6.45) is 8.26. The van der Waals surface area contributed by atoms with Crippen LogP contribution in [0.15, 0.2) is 30.4 Å². The lowest BCUT2D eigenvalue weighted by Gasteiger charge is -2.31. The lowest BCUT2D eigenvalue weighted by Crippen LogP contribution is -2.39. The third-order valence-electron chi connectivity index (χ3n) is 5.06. The van der Waals surface area contributed by atoms with E-state index in [2.05, 4.69) is 47.2 Å². The molecule has 1 aromatic heterocycles. The molecule has 0 saturated carbocycles. The number of H-pyrrole nitrogens is 1. The molecule has 2 aromatic rings. The number of allylic oxidation sites excluding steroid dienone is 2. The number of amides is 1. The summed E-state index contributed by atoms with van der Waals surface area (Å²) in [5.74, 6) is 0.537. The van der Waals surface area contributed by atoms with Crippen molar-refractivity contribution >= 4 is 16.8 Å². The fourth-order valence-corrected chi connectivity index (χ4v) is 3.79. The van der Waals surface area contributed by atoms with Crippen molar-refractivity contribution in [3.05, 3.63) is 47.2 Å². The molecule has 2 aliphatic rings. The molecule has 0 unspecified atom stereocenters. The number of aromatic nitrogens is 1. The number of carbonyl (C=O) groups is 1. The van der Waals surface area contributed by atoms with Crippen molar-refractivity contribution < 1.29 is 4.79 Å². The average Bonchev–Trinajstić information content (AvgIpc) is 2.92. The first-order valence-corrected chi connectivity index (χ1v) is 8.26. The lowest BCUT2D eigenvalue weighted by atomic mass is 9.92. The van der Waals surface area contributed by atoms with Gasteiger partial charge in [-0.2, -0.15) is 0 Å². The van der Waals surface area contributed by atoms with E-state index in [-0.39, 0.29) is 5.92 Å². The first kappa shape index (κ1) is 13.6. The Balaban J connectivity index is 1.63. The van der Waals surface area contributed by atoms with Crippen molar-refractivity contribution in [2.24, 2.45) is 5.92 Å². The molecule has 114 valence electrons. The van der Waals surface area contributed by atoms with Gasteiger partial charge in [0.15, 0.2) is 0 Å². The molecule has 1 N–H and O–H groups in total. The van der Waals surface area contributed by atoms with Crippen LogP contribution in [0.2, 0.25) is 0 Å². The van der Waals surface area contributed by atoms with Gasteiger partial charge in [0, 0.05) is 47.6 Å². The molecule has 1 aromatic carbocycles. The van der Waals surface area contributed by atoms with Gasteiger partial charge >= 0.3 is 0 Å². The first-order chi connectivity index (χ1) is 10.7. The van der Waals surface area contributed by atoms with Crippen LogP contribution in [0.3, 0.4) is 0 Å². The van der Waals surface area contributed by atoms with E-state index in [1.807, 2.05) is 0 Å². The molecule has 0 radical (unpaired) electrons. The maximum atomic E-state index is 12.8. The Morgan fingerprint density at radius 3 is 3.05 bits per heavy atom. The van der Waals surface area contributed by atoms with Gasteiger partial charge in [0.25, 0.3) is 0 Å². The van der Waals surface area contributed by atoms with Crippen LogP contribution in [0.4, 0.5) is 0 Å². The first-order valence-electron chi connectivity index (χ1n) is 8.26. The zero-order chi connectivity index (χ0) is 15.1. The molecule has 1 aliphatic heterocycles. The minimum absolute atomic E-state index is 0.193. The second-order valence-electron chi connectivity index (χ2n) is 6.62. The van der Waals surface area contributed by atoms with Gasteiger partial charge in [-0.25, -0.2) is 0 Å². The molecule has 2 heterocycles. The molecular formula is C19H22N2O. The van der Waals surface area contributed by atoms with Crippen LogP contribution in [0.1, 0.15) is 36.1 Å². The zero-order valence-corrected chi connectivity index (χ0v) is 13.1. The van der Waals surface area contributed by atoms with Crippen LogP contribution >= 0.6 is 0 Å². The van der Waals surface area contributed by atoms with Crippen LogP contribution < -0.4 is 0 Å². The fraction of sp³-hybridized carbons (Fsp3) is 0.421. The summed E-state index contributed by atoms with van der Waals surface area (Å²) in [6, 6.07) is 6.53. The summed E-state index contributed by atoms with van der Waals surface area (Å²) in [6.45, 7) is 3.73. The van der Waals surface area contributed by atoms with Crippen molar-refractivity contribution in [2.75, 3.05) is 6.54 Å². The summed E-state index contributed by atoms with van der Waals surface area (Å²) < 4.78 is 0. The van der Waals surface area contributed by atoms with Gasteiger partial charge in [0.05, 0.1) is 0 Å². The molecular weight excluding hydrogens is 272 g/mol. The topological polar surface area (TPSA) is 36.1 Å². The summed E-state index contributed by atoms with van der Waals surface area (Å²) in [5.41, 5.74) is 5.11. The Labute approximate surface area is 131 Å². The van der Waals surface area contributed by atoms with E-state index in [1.54, 1.807) is 0 Å². The number of hydrogen-bond acceptors (Lipinski definition) is 1. The summed E-state index contributed by atoms with van der Waals surface area (Å²) in [5, 5.41) is 1.29. The van der Waals surface area contributed by atoms with Crippen molar-refractivity contribution in [2.45, 2.75) is 39.2 Å². The Bertz CT molecular complexity index is 756. The Morgan fingerprint density at radius 2 is 2.23 bits per heavy atom. The van der Waals surface area contributed by atoms with Gasteiger partial charge in [-0.05, 0) is 38.3 Å². The average molecular weight is 294 g/mol. The smallest absolute Gasteiger partial charge is 0.226 e. The quantitative estimate of drug-likeness (QED) is 0.800. The highest BCUT2D eigenvalue weighted by molar-refractivity contribution is 5.87. The predicted molar refractivity (Wildman–Crippen MR) is 88.6 cm³/mol. The molecule has 1 aliphatic carbocycles. The molecule has 0 spiro atoms. The summed E-state index contributed by atoms with van der Waals surface area (Å²) >= 11 is 0. The van der Waals surface area contributed by atoms with E-state index in [0.717, 1.165) is 38.8 Å². The van der Waals surface area contributed by atoms with Crippen molar-refractivity contribution in [1.29, 1.82) is 0 Å². The number of nitrogens with one attached hydrogen (secondary N) is 1. The van der Waals surface area contributed by atoms with Crippen LogP contribution in [0.25, 0.3) is 10.9 Å². The minimum Gasteiger partial charge on any atom is -0.358 e. The lowest BCUT2D eigenvalue weighted by molar-refractivity contribution is -0.136. The van der Waals surface area contributed by atoms with E-state index in [9.17, 15) is 4.79 Å². The number of nitrogens with zero attached hydrogens (tertiary/aromatic N) is 1. The van der Waals surface area contributed by atoms with E-state index in [1.165, 1.54) is 27.7 Å². The molecule has 0 bridgehead atoms. The normalized spacial score (nSPS) is 21.1. The summed E-state index contributed by atoms with van der Waals surface area (Å²) in [7, 11) is 0. The maximum Gasteiger partial charge on any atom is 0.226 e.